The summed E-state index contributed by atoms with van der Waals surface area (Å²) in [7, 11) is -2.23. The van der Waals surface area contributed by atoms with E-state index in [2.05, 4.69) is 4.72 Å². The minimum atomic E-state index is -3.63. The van der Waals surface area contributed by atoms with Gasteiger partial charge in [-0.3, -0.25) is 0 Å². The van der Waals surface area contributed by atoms with E-state index in [1.54, 1.807) is 13.0 Å². The smallest absolute Gasteiger partial charge is 0.244 e. The summed E-state index contributed by atoms with van der Waals surface area (Å²) in [6, 6.07) is 2.92. The maximum Gasteiger partial charge on any atom is 0.244 e. The van der Waals surface area contributed by atoms with Gasteiger partial charge in [-0.15, -0.1) is 11.6 Å². The van der Waals surface area contributed by atoms with Gasteiger partial charge in [-0.2, -0.15) is 0 Å². The molecule has 0 radical (unpaired) electrons. The third-order valence-electron chi connectivity index (χ3n) is 2.07. The Morgan fingerprint density at radius 2 is 2.06 bits per heavy atom. The number of rotatable bonds is 5. The normalized spacial score (nSPS) is 11.5. The van der Waals surface area contributed by atoms with Crippen LogP contribution in [0.2, 0.25) is 5.02 Å². The second kappa shape index (κ2) is 5.91. The van der Waals surface area contributed by atoms with Crippen molar-refractivity contribution in [3.63, 3.8) is 0 Å². The van der Waals surface area contributed by atoms with Crippen molar-refractivity contribution >= 4 is 33.2 Å². The number of alkyl halides is 1. The molecule has 1 N–H and O–H groups in total. The average molecular weight is 298 g/mol. The first-order valence-corrected chi connectivity index (χ1v) is 7.27. The van der Waals surface area contributed by atoms with Crippen LogP contribution < -0.4 is 9.46 Å². The summed E-state index contributed by atoms with van der Waals surface area (Å²) >= 11 is 11.6. The third-order valence-corrected chi connectivity index (χ3v) is 4.13. The van der Waals surface area contributed by atoms with Gasteiger partial charge in [0.1, 0.15) is 10.6 Å². The van der Waals surface area contributed by atoms with E-state index >= 15 is 0 Å². The van der Waals surface area contributed by atoms with Crippen molar-refractivity contribution in [2.24, 2.45) is 0 Å². The molecular weight excluding hydrogens is 285 g/mol. The highest BCUT2D eigenvalue weighted by Crippen LogP contribution is 2.32. The zero-order valence-corrected chi connectivity index (χ0v) is 11.8. The van der Waals surface area contributed by atoms with Gasteiger partial charge in [0, 0.05) is 17.1 Å². The molecule has 17 heavy (non-hydrogen) atoms. The summed E-state index contributed by atoms with van der Waals surface area (Å²) in [4.78, 5) is 0.00463. The first-order chi connectivity index (χ1) is 7.96. The highest BCUT2D eigenvalue weighted by atomic mass is 35.5. The topological polar surface area (TPSA) is 55.4 Å². The van der Waals surface area contributed by atoms with Crippen LogP contribution in [0.5, 0.6) is 5.75 Å². The molecule has 0 heterocycles. The molecule has 1 aromatic carbocycles. The van der Waals surface area contributed by atoms with Gasteiger partial charge in [0.2, 0.25) is 10.0 Å². The molecule has 1 aromatic rings. The highest BCUT2D eigenvalue weighted by Gasteiger charge is 2.21. The third kappa shape index (κ3) is 3.25. The Balaban J connectivity index is 3.46. The molecule has 0 unspecified atom stereocenters. The molecule has 96 valence electrons. The maximum atomic E-state index is 11.9. The van der Waals surface area contributed by atoms with Crippen molar-refractivity contribution in [2.75, 3.05) is 13.7 Å². The predicted molar refractivity (Wildman–Crippen MR) is 68.4 cm³/mol. The number of nitrogens with one attached hydrogen (secondary N) is 1. The van der Waals surface area contributed by atoms with Crippen molar-refractivity contribution in [2.45, 2.75) is 17.7 Å². The molecule has 0 atom stereocenters. The highest BCUT2D eigenvalue weighted by molar-refractivity contribution is 7.89. The van der Waals surface area contributed by atoms with Gasteiger partial charge in [-0.1, -0.05) is 18.5 Å². The summed E-state index contributed by atoms with van der Waals surface area (Å²) in [5.74, 6) is 0.351. The average Bonchev–Trinajstić information content (AvgIpc) is 2.27. The van der Waals surface area contributed by atoms with Crippen molar-refractivity contribution in [1.82, 2.24) is 4.72 Å². The van der Waals surface area contributed by atoms with Gasteiger partial charge in [0.05, 0.1) is 13.0 Å². The number of hydrogen-bond acceptors (Lipinski definition) is 3. The molecule has 0 fully saturated rings. The molecule has 0 aromatic heterocycles. The van der Waals surface area contributed by atoms with E-state index in [1.165, 1.54) is 13.2 Å². The van der Waals surface area contributed by atoms with Gasteiger partial charge in [-0.25, -0.2) is 13.1 Å². The predicted octanol–water partition coefficient (Wildman–Crippen LogP) is 2.39. The number of benzene rings is 1. The van der Waals surface area contributed by atoms with Crippen LogP contribution in [0.15, 0.2) is 17.0 Å². The number of hydrogen-bond donors (Lipinski definition) is 1. The Kier molecular flexibility index (Phi) is 5.06. The SMILES string of the molecule is CCNS(=O)(=O)c1cc(Cl)cc(CCl)c1OC. The second-order valence-corrected chi connectivity index (χ2v) is 5.67. The van der Waals surface area contributed by atoms with Crippen LogP contribution in [0, 0.1) is 0 Å². The molecule has 7 heteroatoms. The van der Waals surface area contributed by atoms with Crippen LogP contribution in [0.3, 0.4) is 0 Å². The fourth-order valence-corrected chi connectivity index (χ4v) is 3.20. The molecule has 0 amide bonds. The van der Waals surface area contributed by atoms with Crippen molar-refractivity contribution in [3.05, 3.63) is 22.7 Å². The van der Waals surface area contributed by atoms with Gasteiger partial charge in [-0.05, 0) is 12.1 Å². The fraction of sp³-hybridized carbons (Fsp3) is 0.400. The summed E-state index contributed by atoms with van der Waals surface area (Å²) in [5.41, 5.74) is 0.540. The number of ether oxygens (including phenoxy) is 1. The monoisotopic (exact) mass is 297 g/mol. The van der Waals surface area contributed by atoms with Crippen LogP contribution in [-0.4, -0.2) is 22.1 Å². The number of sulfonamides is 1. The lowest BCUT2D eigenvalue weighted by atomic mass is 10.2. The van der Waals surface area contributed by atoms with E-state index in [-0.39, 0.29) is 23.1 Å². The van der Waals surface area contributed by atoms with E-state index in [0.29, 0.717) is 10.6 Å². The lowest BCUT2D eigenvalue weighted by Gasteiger charge is -2.13. The van der Waals surface area contributed by atoms with E-state index in [4.69, 9.17) is 27.9 Å². The molecule has 0 aliphatic carbocycles. The number of methoxy groups -OCH3 is 1. The standard InChI is InChI=1S/C10H13Cl2NO3S/c1-3-13-17(14,15)9-5-8(12)4-7(6-11)10(9)16-2/h4-5,13H,3,6H2,1-2H3. The van der Waals surface area contributed by atoms with Crippen molar-refractivity contribution in [3.8, 4) is 5.75 Å². The molecule has 1 rings (SSSR count). The zero-order chi connectivity index (χ0) is 13.1. The molecule has 0 spiro atoms. The molecule has 0 aliphatic rings. The molecule has 0 saturated heterocycles. The Bertz CT molecular complexity index is 503. The van der Waals surface area contributed by atoms with Crippen LogP contribution in [-0.2, 0) is 15.9 Å². The summed E-state index contributed by atoms with van der Waals surface area (Å²) < 4.78 is 31.4. The quantitative estimate of drug-likeness (QED) is 0.849. The molecule has 0 saturated carbocycles. The van der Waals surface area contributed by atoms with Gasteiger partial charge in [0.15, 0.2) is 0 Å². The summed E-state index contributed by atoms with van der Waals surface area (Å²) in [6.07, 6.45) is 0. The molecule has 4 nitrogen and oxygen atoms in total. The zero-order valence-electron chi connectivity index (χ0n) is 9.46. The maximum absolute atomic E-state index is 11.9. The van der Waals surface area contributed by atoms with Gasteiger partial charge < -0.3 is 4.74 Å². The van der Waals surface area contributed by atoms with Gasteiger partial charge >= 0.3 is 0 Å². The Hall–Kier alpha value is -0.490. The fourth-order valence-electron chi connectivity index (χ4n) is 1.42. The van der Waals surface area contributed by atoms with Crippen molar-refractivity contribution < 1.29 is 13.2 Å². The van der Waals surface area contributed by atoms with E-state index < -0.39 is 10.0 Å². The first-order valence-electron chi connectivity index (χ1n) is 4.88. The first kappa shape index (κ1) is 14.6. The number of halogens is 2. The Morgan fingerprint density at radius 1 is 1.41 bits per heavy atom. The lowest BCUT2D eigenvalue weighted by Crippen LogP contribution is -2.24. The van der Waals surface area contributed by atoms with E-state index in [9.17, 15) is 8.42 Å². The summed E-state index contributed by atoms with van der Waals surface area (Å²) in [6.45, 7) is 1.98. The van der Waals surface area contributed by atoms with Crippen molar-refractivity contribution in [1.29, 1.82) is 0 Å². The molecular formula is C10H13Cl2NO3S. The van der Waals surface area contributed by atoms with Crippen LogP contribution >= 0.6 is 23.2 Å². The lowest BCUT2D eigenvalue weighted by molar-refractivity contribution is 0.398. The largest absolute Gasteiger partial charge is 0.495 e. The summed E-state index contributed by atoms with van der Waals surface area (Å²) in [5, 5.41) is 0.304. The minimum absolute atomic E-state index is 0.00463. The van der Waals surface area contributed by atoms with Crippen LogP contribution in [0.25, 0.3) is 0 Å². The molecule has 0 bridgehead atoms. The minimum Gasteiger partial charge on any atom is -0.495 e. The van der Waals surface area contributed by atoms with Crippen LogP contribution in [0.1, 0.15) is 12.5 Å². The van der Waals surface area contributed by atoms with E-state index in [1.807, 2.05) is 0 Å². The Labute approximate surface area is 111 Å². The molecule has 0 aliphatic heterocycles. The van der Waals surface area contributed by atoms with Crippen LogP contribution in [0.4, 0.5) is 0 Å². The second-order valence-electron chi connectivity index (χ2n) is 3.23. The van der Waals surface area contributed by atoms with Gasteiger partial charge in [0.25, 0.3) is 0 Å². The Morgan fingerprint density at radius 3 is 2.53 bits per heavy atom. The van der Waals surface area contributed by atoms with E-state index in [0.717, 1.165) is 0 Å².